The van der Waals surface area contributed by atoms with Crippen LogP contribution < -0.4 is 10.1 Å². The molecule has 1 aromatic carbocycles. The second-order valence-corrected chi connectivity index (χ2v) is 8.36. The molecule has 4 rings (SSSR count). The summed E-state index contributed by atoms with van der Waals surface area (Å²) in [6.07, 6.45) is 7.12. The highest BCUT2D eigenvalue weighted by atomic mass is 16.5. The summed E-state index contributed by atoms with van der Waals surface area (Å²) in [4.78, 5) is 33.3. The molecule has 11 nitrogen and oxygen atoms in total. The van der Waals surface area contributed by atoms with Crippen molar-refractivity contribution in [2.45, 2.75) is 44.3 Å². The lowest BCUT2D eigenvalue weighted by molar-refractivity contribution is -0.142. The van der Waals surface area contributed by atoms with Crippen LogP contribution in [-0.2, 0) is 16.1 Å². The van der Waals surface area contributed by atoms with Crippen LogP contribution in [0.4, 0.5) is 0 Å². The molecule has 3 aromatic rings. The number of hydrogen-bond donors (Lipinski definition) is 2. The van der Waals surface area contributed by atoms with Gasteiger partial charge in [0, 0.05) is 30.5 Å². The lowest BCUT2D eigenvalue weighted by Gasteiger charge is -2.31. The molecule has 1 aliphatic rings. The number of aliphatic hydroxyl groups is 1. The number of carbonyl (C=O) groups is 2. The minimum absolute atomic E-state index is 0.0239. The van der Waals surface area contributed by atoms with Gasteiger partial charge in [-0.2, -0.15) is 4.80 Å². The number of carbonyl (C=O) groups excluding carboxylic acids is 2. The molecule has 1 saturated carbocycles. The number of tetrazole rings is 1. The summed E-state index contributed by atoms with van der Waals surface area (Å²) >= 11 is 0. The molecule has 1 fully saturated rings. The van der Waals surface area contributed by atoms with Crippen LogP contribution in [0.1, 0.15) is 37.3 Å². The third-order valence-corrected chi connectivity index (χ3v) is 6.02. The Morgan fingerprint density at radius 2 is 1.89 bits per heavy atom. The highest BCUT2D eigenvalue weighted by molar-refractivity contribution is 5.88. The highest BCUT2D eigenvalue weighted by Crippen LogP contribution is 2.24. The highest BCUT2D eigenvalue weighted by Gasteiger charge is 2.33. The van der Waals surface area contributed by atoms with Crippen molar-refractivity contribution in [1.29, 1.82) is 0 Å². The third-order valence-electron chi connectivity index (χ3n) is 6.02. The smallest absolute Gasteiger partial charge is 0.247 e. The van der Waals surface area contributed by atoms with Crippen molar-refractivity contribution in [2.75, 3.05) is 20.3 Å². The van der Waals surface area contributed by atoms with Gasteiger partial charge in [0.25, 0.3) is 0 Å². The maximum Gasteiger partial charge on any atom is 0.247 e. The molecule has 0 bridgehead atoms. The molecule has 0 spiro atoms. The van der Waals surface area contributed by atoms with Crippen molar-refractivity contribution in [1.82, 2.24) is 35.4 Å². The van der Waals surface area contributed by atoms with Gasteiger partial charge in [-0.05, 0) is 60.0 Å². The molecule has 1 atom stereocenters. The molecule has 1 aliphatic carbocycles. The molecule has 35 heavy (non-hydrogen) atoms. The van der Waals surface area contributed by atoms with Crippen LogP contribution in [0.3, 0.4) is 0 Å². The number of benzene rings is 1. The van der Waals surface area contributed by atoms with E-state index in [9.17, 15) is 14.7 Å². The van der Waals surface area contributed by atoms with E-state index in [-0.39, 0.29) is 31.6 Å². The SMILES string of the molecule is COc1ccc(-c2nnn(CC(=O)N(CCO)[C@@H](C(=O)NC3CCCC3)c3ccncc3)n2)cc1. The van der Waals surface area contributed by atoms with Gasteiger partial charge in [-0.25, -0.2) is 0 Å². The van der Waals surface area contributed by atoms with E-state index in [0.717, 1.165) is 31.2 Å². The number of amides is 2. The monoisotopic (exact) mass is 479 g/mol. The van der Waals surface area contributed by atoms with Gasteiger partial charge in [-0.3, -0.25) is 14.6 Å². The quantitative estimate of drug-likeness (QED) is 0.445. The second kappa shape index (κ2) is 11.5. The molecule has 184 valence electrons. The Morgan fingerprint density at radius 1 is 1.17 bits per heavy atom. The third kappa shape index (κ3) is 5.99. The Bertz CT molecular complexity index is 1110. The average Bonchev–Trinajstić information content (AvgIpc) is 3.57. The van der Waals surface area contributed by atoms with E-state index < -0.39 is 11.9 Å². The predicted molar refractivity (Wildman–Crippen MR) is 126 cm³/mol. The number of pyridine rings is 1. The molecule has 0 aliphatic heterocycles. The van der Waals surface area contributed by atoms with Crippen molar-refractivity contribution in [3.63, 3.8) is 0 Å². The molecule has 2 heterocycles. The van der Waals surface area contributed by atoms with Gasteiger partial charge in [-0.1, -0.05) is 12.8 Å². The van der Waals surface area contributed by atoms with E-state index in [2.05, 4.69) is 25.7 Å². The van der Waals surface area contributed by atoms with Crippen LogP contribution >= 0.6 is 0 Å². The number of aliphatic hydroxyl groups excluding tert-OH is 1. The normalized spacial score (nSPS) is 14.5. The molecule has 2 aromatic heterocycles. The minimum atomic E-state index is -0.914. The molecule has 0 radical (unpaired) electrons. The Kier molecular flexibility index (Phi) is 7.99. The van der Waals surface area contributed by atoms with Gasteiger partial charge in [0.05, 0.1) is 13.7 Å². The van der Waals surface area contributed by atoms with Crippen molar-refractivity contribution in [3.8, 4) is 17.1 Å². The first-order chi connectivity index (χ1) is 17.1. The summed E-state index contributed by atoms with van der Waals surface area (Å²) in [5.41, 5.74) is 1.34. The first-order valence-electron chi connectivity index (χ1n) is 11.6. The van der Waals surface area contributed by atoms with Crippen molar-refractivity contribution in [2.24, 2.45) is 0 Å². The number of nitrogens with one attached hydrogen (secondary N) is 1. The Labute approximate surface area is 203 Å². The number of rotatable bonds is 10. The van der Waals surface area contributed by atoms with Gasteiger partial charge in [0.1, 0.15) is 18.3 Å². The van der Waals surface area contributed by atoms with Gasteiger partial charge in [0.2, 0.25) is 17.6 Å². The fourth-order valence-electron chi connectivity index (χ4n) is 4.25. The molecule has 0 unspecified atom stereocenters. The maximum absolute atomic E-state index is 13.4. The molecule has 11 heteroatoms. The van der Waals surface area contributed by atoms with E-state index in [1.54, 1.807) is 55.9 Å². The van der Waals surface area contributed by atoms with Crippen molar-refractivity contribution in [3.05, 3.63) is 54.4 Å². The van der Waals surface area contributed by atoms with Crippen LogP contribution in [0.25, 0.3) is 11.4 Å². The topological polar surface area (TPSA) is 135 Å². The Morgan fingerprint density at radius 3 is 2.54 bits per heavy atom. The van der Waals surface area contributed by atoms with E-state index in [1.807, 2.05) is 0 Å². The summed E-state index contributed by atoms with van der Waals surface area (Å²) in [6, 6.07) is 9.74. The van der Waals surface area contributed by atoms with Gasteiger partial charge in [-0.15, -0.1) is 10.2 Å². The molecule has 2 N–H and O–H groups in total. The van der Waals surface area contributed by atoms with Crippen LogP contribution in [0.5, 0.6) is 5.75 Å². The van der Waals surface area contributed by atoms with Crippen molar-refractivity contribution >= 4 is 11.8 Å². The summed E-state index contributed by atoms with van der Waals surface area (Å²) in [5, 5.41) is 25.1. The Balaban J connectivity index is 1.54. The van der Waals surface area contributed by atoms with Crippen molar-refractivity contribution < 1.29 is 19.4 Å². The van der Waals surface area contributed by atoms with Crippen LogP contribution in [0.15, 0.2) is 48.8 Å². The number of hydrogen-bond acceptors (Lipinski definition) is 8. The van der Waals surface area contributed by atoms with Gasteiger partial charge >= 0.3 is 0 Å². The number of aromatic nitrogens is 5. The molecular weight excluding hydrogens is 450 g/mol. The van der Waals surface area contributed by atoms with Gasteiger partial charge < -0.3 is 20.1 Å². The zero-order valence-electron chi connectivity index (χ0n) is 19.6. The fraction of sp³-hybridized carbons (Fsp3) is 0.417. The van der Waals surface area contributed by atoms with Crippen LogP contribution in [-0.4, -0.2) is 73.3 Å². The van der Waals surface area contributed by atoms with Crippen LogP contribution in [0, 0.1) is 0 Å². The maximum atomic E-state index is 13.4. The molecule has 2 amide bonds. The number of nitrogens with zero attached hydrogens (tertiary/aromatic N) is 6. The predicted octanol–water partition coefficient (Wildman–Crippen LogP) is 1.36. The van der Waals surface area contributed by atoms with E-state index >= 15 is 0 Å². The zero-order chi connectivity index (χ0) is 24.6. The minimum Gasteiger partial charge on any atom is -0.497 e. The standard InChI is InChI=1S/C24H29N7O4/c1-35-20-8-6-18(7-9-20)23-27-29-31(28-23)16-21(33)30(14-15-32)22(17-10-12-25-13-11-17)24(34)26-19-4-2-3-5-19/h6-13,19,22,32H,2-5,14-16H2,1H3,(H,26,34)/t22-/m1/s1. The lowest BCUT2D eigenvalue weighted by atomic mass is 10.0. The summed E-state index contributed by atoms with van der Waals surface area (Å²) in [5.74, 6) is 0.365. The largest absolute Gasteiger partial charge is 0.497 e. The van der Waals surface area contributed by atoms with E-state index in [4.69, 9.17) is 4.74 Å². The average molecular weight is 480 g/mol. The van der Waals surface area contributed by atoms with E-state index in [0.29, 0.717) is 17.1 Å². The first kappa shape index (κ1) is 24.3. The Hall–Kier alpha value is -3.86. The van der Waals surface area contributed by atoms with Gasteiger partial charge in [0.15, 0.2) is 0 Å². The summed E-state index contributed by atoms with van der Waals surface area (Å²) < 4.78 is 5.16. The number of methoxy groups -OCH3 is 1. The second-order valence-electron chi connectivity index (χ2n) is 8.36. The zero-order valence-corrected chi connectivity index (χ0v) is 19.6. The first-order valence-corrected chi connectivity index (χ1v) is 11.6. The fourth-order valence-corrected chi connectivity index (χ4v) is 4.25. The van der Waals surface area contributed by atoms with E-state index in [1.165, 1.54) is 9.70 Å². The molecular formula is C24H29N7O4. The molecule has 0 saturated heterocycles. The van der Waals surface area contributed by atoms with Crippen LogP contribution in [0.2, 0.25) is 0 Å². The number of ether oxygens (including phenoxy) is 1. The lowest BCUT2D eigenvalue weighted by Crippen LogP contribution is -2.48. The summed E-state index contributed by atoms with van der Waals surface area (Å²) in [6.45, 7) is -0.558. The summed E-state index contributed by atoms with van der Waals surface area (Å²) in [7, 11) is 1.58.